The normalized spacial score (nSPS) is 21.1. The van der Waals surface area contributed by atoms with Crippen molar-refractivity contribution in [3.05, 3.63) is 39.1 Å². The summed E-state index contributed by atoms with van der Waals surface area (Å²) in [5, 5.41) is 26.1. The van der Waals surface area contributed by atoms with E-state index < -0.39 is 36.0 Å². The second-order valence-electron chi connectivity index (χ2n) is 9.38. The number of benzene rings is 1. The molecular weight excluding hydrogens is 495 g/mol. The largest absolute Gasteiger partial charge is 0.569 e. The molecule has 194 valence electrons. The van der Waals surface area contributed by atoms with Gasteiger partial charge in [0, 0.05) is 23.1 Å². The van der Waals surface area contributed by atoms with Crippen LogP contribution < -0.4 is 4.74 Å². The molecule has 0 aliphatic carbocycles. The molecule has 3 rings (SSSR count). The van der Waals surface area contributed by atoms with Crippen molar-refractivity contribution in [1.82, 2.24) is 5.01 Å². The van der Waals surface area contributed by atoms with Gasteiger partial charge in [0.1, 0.15) is 5.75 Å². The van der Waals surface area contributed by atoms with Crippen molar-refractivity contribution in [3.63, 3.8) is 0 Å². The number of ether oxygens (including phenoxy) is 2. The number of fused-ring (bicyclic) bond motifs is 1. The molecule has 1 aromatic carbocycles. The molecule has 35 heavy (non-hydrogen) atoms. The summed E-state index contributed by atoms with van der Waals surface area (Å²) in [7, 11) is 0. The van der Waals surface area contributed by atoms with Gasteiger partial charge in [0.15, 0.2) is 0 Å². The Kier molecular flexibility index (Phi) is 8.05. The summed E-state index contributed by atoms with van der Waals surface area (Å²) < 4.78 is 51.0. The Hall–Kier alpha value is -2.73. The van der Waals surface area contributed by atoms with Crippen LogP contribution in [0.4, 0.5) is 13.2 Å². The van der Waals surface area contributed by atoms with E-state index in [1.165, 1.54) is 17.1 Å². The summed E-state index contributed by atoms with van der Waals surface area (Å²) in [6.45, 7) is 5.25. The van der Waals surface area contributed by atoms with Gasteiger partial charge in [-0.1, -0.05) is 32.4 Å². The van der Waals surface area contributed by atoms with Crippen molar-refractivity contribution in [2.75, 3.05) is 26.5 Å². The Morgan fingerprint density at radius 1 is 1.37 bits per heavy atom. The lowest BCUT2D eigenvalue weighted by molar-refractivity contribution is -0.715. The number of hydrazine groups is 1. The van der Waals surface area contributed by atoms with Crippen LogP contribution in [0.2, 0.25) is 5.02 Å². The van der Waals surface area contributed by atoms with Crippen molar-refractivity contribution in [2.24, 2.45) is 11.2 Å². The maximum atomic E-state index is 13.7. The van der Waals surface area contributed by atoms with E-state index in [1.54, 1.807) is 0 Å². The minimum Gasteiger partial charge on any atom is -0.569 e. The molecule has 1 unspecified atom stereocenters. The van der Waals surface area contributed by atoms with E-state index in [1.807, 2.05) is 20.8 Å². The Labute approximate surface area is 205 Å². The van der Waals surface area contributed by atoms with Gasteiger partial charge in [-0.15, -0.1) is 5.01 Å². The highest BCUT2D eigenvalue weighted by Crippen LogP contribution is 2.42. The Morgan fingerprint density at radius 2 is 2.09 bits per heavy atom. The summed E-state index contributed by atoms with van der Waals surface area (Å²) in [6, 6.07) is 2.86. The minimum atomic E-state index is -4.90. The van der Waals surface area contributed by atoms with Gasteiger partial charge in [-0.25, -0.2) is 4.79 Å². The van der Waals surface area contributed by atoms with E-state index in [0.717, 1.165) is 12.5 Å². The van der Waals surface area contributed by atoms with Crippen molar-refractivity contribution < 1.29 is 42.4 Å². The monoisotopic (exact) mass is 521 g/mol. The number of aliphatic hydroxyl groups is 1. The predicted molar refractivity (Wildman–Crippen MR) is 118 cm³/mol. The van der Waals surface area contributed by atoms with Crippen LogP contribution in [-0.4, -0.2) is 59.8 Å². The van der Waals surface area contributed by atoms with E-state index in [0.29, 0.717) is 23.6 Å². The van der Waals surface area contributed by atoms with Gasteiger partial charge < -0.3 is 24.6 Å². The highest BCUT2D eigenvalue weighted by molar-refractivity contribution is 6.31. The van der Waals surface area contributed by atoms with E-state index >= 15 is 0 Å². The fourth-order valence-corrected chi connectivity index (χ4v) is 4.29. The zero-order chi connectivity index (χ0) is 26.0. The molecule has 0 bridgehead atoms. The van der Waals surface area contributed by atoms with E-state index in [-0.39, 0.29) is 35.4 Å². The molecule has 2 heterocycles. The number of hydrogen-bond donors (Lipinski definition) is 1. The fourth-order valence-electron chi connectivity index (χ4n) is 3.84. The number of carbonyl (C=O) groups is 1. The Morgan fingerprint density at radius 3 is 2.71 bits per heavy atom. The molecule has 13 heteroatoms. The summed E-state index contributed by atoms with van der Waals surface area (Å²) in [5.74, 6) is -1.49. The molecule has 2 aliphatic heterocycles. The van der Waals surface area contributed by atoms with Gasteiger partial charge >= 0.3 is 12.1 Å². The molecule has 0 aromatic heterocycles. The quantitative estimate of drug-likeness (QED) is 0.148. The second-order valence-corrected chi connectivity index (χ2v) is 9.78. The third-order valence-corrected chi connectivity index (χ3v) is 5.96. The van der Waals surface area contributed by atoms with Crippen LogP contribution >= 0.6 is 11.6 Å². The van der Waals surface area contributed by atoms with E-state index in [4.69, 9.17) is 21.1 Å². The van der Waals surface area contributed by atoms with Crippen LogP contribution in [0.1, 0.15) is 44.7 Å². The molecule has 1 aromatic rings. The number of halogens is 4. The van der Waals surface area contributed by atoms with E-state index in [9.17, 15) is 28.3 Å². The first kappa shape index (κ1) is 26.9. The highest BCUT2D eigenvalue weighted by Gasteiger charge is 2.49. The SMILES string of the molecule is CC(C)(C)c1cc2c(cc1Cl)C=C(C(=O)OCO/N=[N+](\[O-])N1CCCC(CO)C1)[C@@H](C(F)(F)F)O2. The lowest BCUT2D eigenvalue weighted by Gasteiger charge is -2.30. The molecule has 0 amide bonds. The summed E-state index contributed by atoms with van der Waals surface area (Å²) in [4.78, 5) is 17.3. The highest BCUT2D eigenvalue weighted by atomic mass is 35.5. The number of aliphatic hydroxyl groups excluding tert-OH is 1. The standard InChI is InChI=1S/C22H27ClF3N3O6/c1-21(2,3)16-9-18-14(8-17(16)23)7-15(19(35-18)22(24,25)26)20(31)33-12-34-27-29(32)28-6-4-5-13(10-28)11-30/h7-9,13,19,30H,4-6,10-12H2,1-3H3/b29-27-/t13?,19-/m0/s1. The van der Waals surface area contributed by atoms with Crippen molar-refractivity contribution in [2.45, 2.75) is 51.3 Å². The van der Waals surface area contributed by atoms with Gasteiger partial charge in [-0.2, -0.15) is 13.2 Å². The third-order valence-electron chi connectivity index (χ3n) is 5.65. The molecule has 1 fully saturated rings. The first-order valence-electron chi connectivity index (χ1n) is 10.9. The van der Waals surface area contributed by atoms with Gasteiger partial charge in [-0.3, -0.25) is 0 Å². The lowest BCUT2D eigenvalue weighted by Crippen LogP contribution is -2.41. The Balaban J connectivity index is 1.72. The zero-order valence-electron chi connectivity index (χ0n) is 19.5. The zero-order valence-corrected chi connectivity index (χ0v) is 20.2. The molecule has 2 aliphatic rings. The molecule has 0 radical (unpaired) electrons. The lowest BCUT2D eigenvalue weighted by atomic mass is 9.85. The number of piperidine rings is 1. The van der Waals surface area contributed by atoms with Crippen LogP contribution in [0, 0.1) is 11.1 Å². The van der Waals surface area contributed by atoms with Crippen LogP contribution in [0.3, 0.4) is 0 Å². The maximum absolute atomic E-state index is 13.7. The number of alkyl halides is 3. The van der Waals surface area contributed by atoms with Gasteiger partial charge in [0.25, 0.3) is 6.79 Å². The van der Waals surface area contributed by atoms with E-state index in [2.05, 4.69) is 10.1 Å². The maximum Gasteiger partial charge on any atom is 0.430 e. The van der Waals surface area contributed by atoms with Crippen LogP contribution in [-0.2, 0) is 19.8 Å². The number of esters is 1. The topological polar surface area (TPSA) is 107 Å². The molecule has 9 nitrogen and oxygen atoms in total. The predicted octanol–water partition coefficient (Wildman–Crippen LogP) is 4.36. The van der Waals surface area contributed by atoms with Crippen molar-refractivity contribution in [3.8, 4) is 5.75 Å². The van der Waals surface area contributed by atoms with Crippen LogP contribution in [0.25, 0.3) is 6.08 Å². The number of nitrogens with zero attached hydrogens (tertiary/aromatic N) is 3. The number of rotatable bonds is 6. The van der Waals surface area contributed by atoms with Crippen LogP contribution in [0.15, 0.2) is 23.0 Å². The minimum absolute atomic E-state index is 0.0610. The van der Waals surface area contributed by atoms with Gasteiger partial charge in [0.05, 0.1) is 23.6 Å². The summed E-state index contributed by atoms with van der Waals surface area (Å²) in [5.41, 5.74) is -0.464. The van der Waals surface area contributed by atoms with Gasteiger partial charge in [-0.05, 0) is 42.0 Å². The number of carbonyl (C=O) groups excluding carboxylic acids is 1. The first-order chi connectivity index (χ1) is 16.3. The molecule has 0 saturated carbocycles. The van der Waals surface area contributed by atoms with Crippen molar-refractivity contribution >= 4 is 23.6 Å². The van der Waals surface area contributed by atoms with Gasteiger partial charge in [0.2, 0.25) is 11.4 Å². The third kappa shape index (κ3) is 6.49. The summed E-state index contributed by atoms with van der Waals surface area (Å²) >= 11 is 6.31. The molecular formula is C22H27ClF3N3O6. The smallest absolute Gasteiger partial charge is 0.430 e. The van der Waals surface area contributed by atoms with Crippen LogP contribution in [0.5, 0.6) is 5.75 Å². The first-order valence-corrected chi connectivity index (χ1v) is 11.3. The molecule has 2 atom stereocenters. The molecule has 1 N–H and O–H groups in total. The summed E-state index contributed by atoms with van der Waals surface area (Å²) in [6.07, 6.45) is -5.02. The molecule has 0 spiro atoms. The number of hydrogen-bond acceptors (Lipinski definition) is 7. The second kappa shape index (κ2) is 10.5. The van der Waals surface area contributed by atoms with Crippen molar-refractivity contribution in [1.29, 1.82) is 0 Å². The average molecular weight is 522 g/mol. The Bertz CT molecular complexity index is 1010. The fraction of sp³-hybridized carbons (Fsp3) is 0.591. The average Bonchev–Trinajstić information content (AvgIpc) is 2.78. The molecule has 1 saturated heterocycles.